The van der Waals surface area contributed by atoms with Gasteiger partial charge in [0, 0.05) is 30.0 Å². The number of hydrogen-bond acceptors (Lipinski definition) is 6. The molecule has 0 bridgehead atoms. The second-order valence-electron chi connectivity index (χ2n) is 9.97. The Bertz CT molecular complexity index is 1200. The minimum atomic E-state index is -4.84. The van der Waals surface area contributed by atoms with Gasteiger partial charge in [-0.2, -0.15) is 0 Å². The predicted octanol–water partition coefficient (Wildman–Crippen LogP) is 5.48. The third-order valence-corrected chi connectivity index (χ3v) is 7.06. The number of carbonyl (C=O) groups is 2. The Hall–Kier alpha value is -3.52. The summed E-state index contributed by atoms with van der Waals surface area (Å²) in [6.07, 6.45) is -7.21. The molecule has 2 N–H and O–H groups in total. The maximum absolute atomic E-state index is 12.8. The highest BCUT2D eigenvalue weighted by Gasteiger charge is 2.46. The quantitative estimate of drug-likeness (QED) is 0.415. The van der Waals surface area contributed by atoms with Crippen LogP contribution in [0.5, 0.6) is 11.5 Å². The van der Waals surface area contributed by atoms with Crippen molar-refractivity contribution in [3.8, 4) is 11.5 Å². The molecule has 1 saturated carbocycles. The molecule has 1 aliphatic heterocycles. The lowest BCUT2D eigenvalue weighted by Crippen LogP contribution is -2.62. The van der Waals surface area contributed by atoms with Crippen LogP contribution in [0.15, 0.2) is 48.5 Å². The van der Waals surface area contributed by atoms with Gasteiger partial charge in [-0.1, -0.05) is 6.92 Å². The number of benzene rings is 2. The van der Waals surface area contributed by atoms with Crippen molar-refractivity contribution in [2.24, 2.45) is 0 Å². The molecule has 4 rings (SSSR count). The summed E-state index contributed by atoms with van der Waals surface area (Å²) in [7, 11) is 0. The fourth-order valence-electron chi connectivity index (χ4n) is 4.68. The molecule has 1 aliphatic carbocycles. The SMILES string of the molecule is CCC1(NC(=O)c2ccc(OC(F)(F)F)cc2)COC2(CCC(NC(=O)c3ccc(OC(F)(F)F)cc3)CC2)OC1. The lowest BCUT2D eigenvalue weighted by atomic mass is 9.87. The topological polar surface area (TPSA) is 95.1 Å². The number of alkyl halides is 6. The van der Waals surface area contributed by atoms with E-state index in [1.807, 2.05) is 6.92 Å². The molecule has 2 aromatic carbocycles. The first kappa shape index (κ1) is 30.4. The number of ether oxygens (including phenoxy) is 4. The summed E-state index contributed by atoms with van der Waals surface area (Å²) < 4.78 is 94.0. The molecule has 0 atom stereocenters. The predicted molar refractivity (Wildman–Crippen MR) is 131 cm³/mol. The smallest absolute Gasteiger partial charge is 0.406 e. The standard InChI is InChI=1S/C27H28F6N2O6/c1-2-24(35-23(37)18-5-9-21(10-6-18)41-27(31,32)33)15-38-25(39-16-24)13-11-19(12-14-25)34-22(36)17-3-7-20(8-4-17)40-26(28,29)30/h3-10,19H,2,11-16H2,1H3,(H,34,36)(H,35,37). The maximum atomic E-state index is 12.8. The Labute approximate surface area is 231 Å². The minimum Gasteiger partial charge on any atom is -0.406 e. The number of amides is 2. The normalized spacial score (nSPS) is 24.9. The van der Waals surface area contributed by atoms with Crippen LogP contribution in [0, 0.1) is 0 Å². The summed E-state index contributed by atoms with van der Waals surface area (Å²) >= 11 is 0. The molecule has 0 aromatic heterocycles. The van der Waals surface area contributed by atoms with E-state index in [4.69, 9.17) is 9.47 Å². The molecule has 41 heavy (non-hydrogen) atoms. The van der Waals surface area contributed by atoms with Gasteiger partial charge in [0.2, 0.25) is 0 Å². The van der Waals surface area contributed by atoms with Crippen LogP contribution in [0.4, 0.5) is 26.3 Å². The molecule has 2 fully saturated rings. The van der Waals surface area contributed by atoms with Crippen LogP contribution in [-0.2, 0) is 9.47 Å². The van der Waals surface area contributed by atoms with E-state index in [-0.39, 0.29) is 30.4 Å². The minimum absolute atomic E-state index is 0.145. The summed E-state index contributed by atoms with van der Waals surface area (Å²) in [6.45, 7) is 2.14. The molecule has 0 radical (unpaired) electrons. The first-order chi connectivity index (χ1) is 19.2. The Morgan fingerprint density at radius 2 is 1.24 bits per heavy atom. The van der Waals surface area contributed by atoms with Crippen molar-refractivity contribution in [3.05, 3.63) is 59.7 Å². The average Bonchev–Trinajstić information content (AvgIpc) is 2.90. The lowest BCUT2D eigenvalue weighted by molar-refractivity contribution is -0.303. The van der Waals surface area contributed by atoms with Gasteiger partial charge in [0.25, 0.3) is 11.8 Å². The molecule has 2 aromatic rings. The van der Waals surface area contributed by atoms with Gasteiger partial charge in [-0.3, -0.25) is 9.59 Å². The fourth-order valence-corrected chi connectivity index (χ4v) is 4.68. The largest absolute Gasteiger partial charge is 0.573 e. The van der Waals surface area contributed by atoms with Gasteiger partial charge in [-0.15, -0.1) is 26.3 Å². The highest BCUT2D eigenvalue weighted by molar-refractivity contribution is 5.95. The number of nitrogens with one attached hydrogen (secondary N) is 2. The highest BCUT2D eigenvalue weighted by Crippen LogP contribution is 2.38. The van der Waals surface area contributed by atoms with Crippen LogP contribution in [0.25, 0.3) is 0 Å². The van der Waals surface area contributed by atoms with Crippen molar-refractivity contribution in [2.45, 2.75) is 69.1 Å². The van der Waals surface area contributed by atoms with E-state index in [9.17, 15) is 35.9 Å². The Morgan fingerprint density at radius 1 is 0.805 bits per heavy atom. The van der Waals surface area contributed by atoms with Crippen LogP contribution < -0.4 is 20.1 Å². The van der Waals surface area contributed by atoms with Gasteiger partial charge >= 0.3 is 12.7 Å². The molecule has 1 spiro atoms. The van der Waals surface area contributed by atoms with Crippen molar-refractivity contribution < 1.29 is 54.9 Å². The average molecular weight is 591 g/mol. The summed E-state index contributed by atoms with van der Waals surface area (Å²) in [5.74, 6) is -2.69. The zero-order valence-electron chi connectivity index (χ0n) is 21.9. The molecule has 1 heterocycles. The number of halogens is 6. The molecular weight excluding hydrogens is 562 g/mol. The number of hydrogen-bond donors (Lipinski definition) is 2. The molecule has 224 valence electrons. The van der Waals surface area contributed by atoms with E-state index in [1.54, 1.807) is 0 Å². The van der Waals surface area contributed by atoms with Gasteiger partial charge in [0.05, 0.1) is 18.8 Å². The van der Waals surface area contributed by atoms with E-state index in [0.29, 0.717) is 32.1 Å². The van der Waals surface area contributed by atoms with Crippen LogP contribution >= 0.6 is 0 Å². The van der Waals surface area contributed by atoms with Crippen molar-refractivity contribution in [2.75, 3.05) is 13.2 Å². The molecular formula is C27H28F6N2O6. The van der Waals surface area contributed by atoms with Gasteiger partial charge in [-0.05, 0) is 67.8 Å². The second kappa shape index (κ2) is 11.8. The Kier molecular flexibility index (Phi) is 8.73. The Morgan fingerprint density at radius 3 is 1.66 bits per heavy atom. The third-order valence-electron chi connectivity index (χ3n) is 7.06. The van der Waals surface area contributed by atoms with Crippen molar-refractivity contribution in [1.82, 2.24) is 10.6 Å². The van der Waals surface area contributed by atoms with Gasteiger partial charge < -0.3 is 29.6 Å². The van der Waals surface area contributed by atoms with Crippen molar-refractivity contribution in [1.29, 1.82) is 0 Å². The molecule has 1 saturated heterocycles. The summed E-state index contributed by atoms with van der Waals surface area (Å²) in [4.78, 5) is 25.4. The second-order valence-corrected chi connectivity index (χ2v) is 9.97. The van der Waals surface area contributed by atoms with Gasteiger partial charge in [-0.25, -0.2) is 0 Å². The first-order valence-electron chi connectivity index (χ1n) is 12.8. The van der Waals surface area contributed by atoms with Gasteiger partial charge in [0.15, 0.2) is 5.79 Å². The number of carbonyl (C=O) groups excluding carboxylic acids is 2. The zero-order valence-corrected chi connectivity index (χ0v) is 21.9. The lowest BCUT2D eigenvalue weighted by Gasteiger charge is -2.48. The molecule has 0 unspecified atom stereocenters. The van der Waals surface area contributed by atoms with Crippen LogP contribution in [0.2, 0.25) is 0 Å². The third kappa shape index (κ3) is 8.26. The summed E-state index contributed by atoms with van der Waals surface area (Å²) in [5, 5.41) is 5.75. The molecule has 2 aliphatic rings. The molecule has 8 nitrogen and oxygen atoms in total. The molecule has 14 heteroatoms. The van der Waals surface area contributed by atoms with Gasteiger partial charge in [0.1, 0.15) is 11.5 Å². The summed E-state index contributed by atoms with van der Waals surface area (Å²) in [6, 6.07) is 8.99. The van der Waals surface area contributed by atoms with E-state index < -0.39 is 47.4 Å². The summed E-state index contributed by atoms with van der Waals surface area (Å²) in [5.41, 5.74) is -0.515. The van der Waals surface area contributed by atoms with E-state index in [0.717, 1.165) is 24.3 Å². The highest BCUT2D eigenvalue weighted by atomic mass is 19.4. The van der Waals surface area contributed by atoms with E-state index >= 15 is 0 Å². The fraction of sp³-hybridized carbons (Fsp3) is 0.481. The number of rotatable bonds is 7. The monoisotopic (exact) mass is 590 g/mol. The molecule has 2 amide bonds. The van der Waals surface area contributed by atoms with Crippen molar-refractivity contribution in [3.63, 3.8) is 0 Å². The Balaban J connectivity index is 1.26. The van der Waals surface area contributed by atoms with E-state index in [1.165, 1.54) is 24.3 Å². The van der Waals surface area contributed by atoms with Crippen molar-refractivity contribution >= 4 is 11.8 Å². The first-order valence-corrected chi connectivity index (χ1v) is 12.8. The van der Waals surface area contributed by atoms with Crippen LogP contribution in [-0.4, -0.2) is 55.1 Å². The van der Waals surface area contributed by atoms with Crippen LogP contribution in [0.1, 0.15) is 59.7 Å². The maximum Gasteiger partial charge on any atom is 0.573 e. The van der Waals surface area contributed by atoms with E-state index in [2.05, 4.69) is 20.1 Å². The van der Waals surface area contributed by atoms with Crippen LogP contribution in [0.3, 0.4) is 0 Å². The zero-order chi connectivity index (χ0) is 29.9.